The molecule has 120 valence electrons. The third-order valence-corrected chi connectivity index (χ3v) is 2.41. The molecule has 7 heteroatoms. The Morgan fingerprint density at radius 3 is 2.50 bits per heavy atom. The molecule has 1 rings (SSSR count). The number of benzene rings is 1. The maximum absolute atomic E-state index is 11.8. The summed E-state index contributed by atoms with van der Waals surface area (Å²) in [6, 6.07) is 7.93. The molecule has 7 nitrogen and oxygen atoms in total. The van der Waals surface area contributed by atoms with E-state index in [0.29, 0.717) is 5.56 Å². The van der Waals surface area contributed by atoms with Crippen LogP contribution in [0.1, 0.15) is 33.3 Å². The highest BCUT2D eigenvalue weighted by molar-refractivity contribution is 5.68. The Kier molecular flexibility index (Phi) is 8.95. The lowest BCUT2D eigenvalue weighted by molar-refractivity contribution is -0.385. The Morgan fingerprint density at radius 1 is 1.41 bits per heavy atom. The van der Waals surface area contributed by atoms with Crippen molar-refractivity contribution in [1.29, 1.82) is 5.26 Å². The standard InChI is InChI=1S/C13H15N3O4.C2H6/c1-10(2)20-13(17)15(8-7-14)9-11-5-3-4-6-12(11)16(18)19;1-2/h3-6,10H,8-9H2,1-2H3;1-2H3. The van der Waals surface area contributed by atoms with E-state index < -0.39 is 11.0 Å². The van der Waals surface area contributed by atoms with Crippen molar-refractivity contribution in [2.24, 2.45) is 0 Å². The second-order valence-corrected chi connectivity index (χ2v) is 4.33. The lowest BCUT2D eigenvalue weighted by Gasteiger charge is -2.20. The number of carbonyl (C=O) groups is 1. The minimum Gasteiger partial charge on any atom is -0.447 e. The van der Waals surface area contributed by atoms with Gasteiger partial charge in [0.1, 0.15) is 6.54 Å². The number of nitro benzene ring substituents is 1. The van der Waals surface area contributed by atoms with Gasteiger partial charge in [0.25, 0.3) is 5.69 Å². The molecule has 0 radical (unpaired) electrons. The maximum Gasteiger partial charge on any atom is 0.411 e. The van der Waals surface area contributed by atoms with Crippen molar-refractivity contribution in [2.45, 2.75) is 40.3 Å². The van der Waals surface area contributed by atoms with Crippen LogP contribution in [0.15, 0.2) is 24.3 Å². The van der Waals surface area contributed by atoms with E-state index in [-0.39, 0.29) is 24.9 Å². The van der Waals surface area contributed by atoms with E-state index in [1.54, 1.807) is 32.0 Å². The molecule has 0 saturated heterocycles. The highest BCUT2D eigenvalue weighted by Crippen LogP contribution is 2.19. The Labute approximate surface area is 130 Å². The molecular weight excluding hydrogens is 286 g/mol. The predicted molar refractivity (Wildman–Crippen MR) is 82.1 cm³/mol. The van der Waals surface area contributed by atoms with Crippen LogP contribution >= 0.6 is 0 Å². The maximum atomic E-state index is 11.8. The first kappa shape index (κ1) is 19.4. The predicted octanol–water partition coefficient (Wildman–Crippen LogP) is 3.49. The van der Waals surface area contributed by atoms with Crippen LogP contribution in [0.2, 0.25) is 0 Å². The van der Waals surface area contributed by atoms with Crippen molar-refractivity contribution < 1.29 is 14.5 Å². The monoisotopic (exact) mass is 307 g/mol. The van der Waals surface area contributed by atoms with Gasteiger partial charge in [-0.25, -0.2) is 4.79 Å². The third kappa shape index (κ3) is 6.22. The molecule has 0 saturated carbocycles. The van der Waals surface area contributed by atoms with Crippen molar-refractivity contribution >= 4 is 11.8 Å². The van der Waals surface area contributed by atoms with Crippen molar-refractivity contribution in [3.8, 4) is 6.07 Å². The second kappa shape index (κ2) is 10.2. The van der Waals surface area contributed by atoms with Gasteiger partial charge in [-0.05, 0) is 13.8 Å². The first-order valence-electron chi connectivity index (χ1n) is 7.00. The zero-order valence-electron chi connectivity index (χ0n) is 13.3. The Balaban J connectivity index is 0.00000211. The molecule has 0 heterocycles. The normalized spacial score (nSPS) is 9.27. The molecule has 22 heavy (non-hydrogen) atoms. The number of nitrogens with zero attached hydrogens (tertiary/aromatic N) is 3. The van der Waals surface area contributed by atoms with Gasteiger partial charge < -0.3 is 4.74 Å². The largest absolute Gasteiger partial charge is 0.447 e. The van der Waals surface area contributed by atoms with Gasteiger partial charge in [-0.3, -0.25) is 15.0 Å². The van der Waals surface area contributed by atoms with Crippen LogP contribution in [0.5, 0.6) is 0 Å². The SMILES string of the molecule is CC.CC(C)OC(=O)N(CC#N)Cc1ccccc1[N+](=O)[O-]. The average molecular weight is 307 g/mol. The van der Waals surface area contributed by atoms with E-state index >= 15 is 0 Å². The van der Waals surface area contributed by atoms with Crippen LogP contribution in [-0.4, -0.2) is 28.6 Å². The van der Waals surface area contributed by atoms with Crippen LogP contribution in [0.4, 0.5) is 10.5 Å². The summed E-state index contributed by atoms with van der Waals surface area (Å²) in [5.74, 6) is 0. The van der Waals surface area contributed by atoms with Gasteiger partial charge in [0.05, 0.1) is 23.6 Å². The van der Waals surface area contributed by atoms with E-state index in [0.717, 1.165) is 4.90 Å². The van der Waals surface area contributed by atoms with Gasteiger partial charge in [0.2, 0.25) is 0 Å². The van der Waals surface area contributed by atoms with Gasteiger partial charge in [0.15, 0.2) is 0 Å². The summed E-state index contributed by atoms with van der Waals surface area (Å²) in [5.41, 5.74) is 0.265. The molecule has 0 spiro atoms. The highest BCUT2D eigenvalue weighted by atomic mass is 16.6. The van der Waals surface area contributed by atoms with E-state index in [1.807, 2.05) is 19.9 Å². The van der Waals surface area contributed by atoms with Crippen molar-refractivity contribution in [3.63, 3.8) is 0 Å². The van der Waals surface area contributed by atoms with Gasteiger partial charge >= 0.3 is 6.09 Å². The smallest absolute Gasteiger partial charge is 0.411 e. The summed E-state index contributed by atoms with van der Waals surface area (Å²) >= 11 is 0. The molecule has 1 amide bonds. The number of nitro groups is 1. The van der Waals surface area contributed by atoms with E-state index in [4.69, 9.17) is 10.00 Å². The molecule has 0 bridgehead atoms. The van der Waals surface area contributed by atoms with Gasteiger partial charge in [-0.1, -0.05) is 32.0 Å². The summed E-state index contributed by atoms with van der Waals surface area (Å²) in [4.78, 5) is 23.3. The number of carbonyl (C=O) groups excluding carboxylic acids is 1. The molecule has 0 N–H and O–H groups in total. The average Bonchev–Trinajstić information content (AvgIpc) is 2.48. The topological polar surface area (TPSA) is 96.5 Å². The fourth-order valence-electron chi connectivity index (χ4n) is 1.57. The number of para-hydroxylation sites is 1. The summed E-state index contributed by atoms with van der Waals surface area (Å²) in [6.45, 7) is 7.13. The van der Waals surface area contributed by atoms with Crippen LogP contribution in [0, 0.1) is 21.4 Å². The molecule has 0 aromatic heterocycles. The fraction of sp³-hybridized carbons (Fsp3) is 0.467. The highest BCUT2D eigenvalue weighted by Gasteiger charge is 2.21. The van der Waals surface area contributed by atoms with Gasteiger partial charge in [0, 0.05) is 11.6 Å². The molecular formula is C15H21N3O4. The van der Waals surface area contributed by atoms with Crippen LogP contribution in [0.3, 0.4) is 0 Å². The van der Waals surface area contributed by atoms with E-state index in [9.17, 15) is 14.9 Å². The van der Waals surface area contributed by atoms with Gasteiger partial charge in [-0.15, -0.1) is 0 Å². The number of ether oxygens (including phenoxy) is 1. The molecule has 1 aromatic carbocycles. The molecule has 0 aliphatic carbocycles. The van der Waals surface area contributed by atoms with Crippen molar-refractivity contribution in [3.05, 3.63) is 39.9 Å². The Morgan fingerprint density at radius 2 is 2.00 bits per heavy atom. The number of hydrogen-bond acceptors (Lipinski definition) is 5. The zero-order valence-corrected chi connectivity index (χ0v) is 13.3. The minimum absolute atomic E-state index is 0.0454. The zero-order chi connectivity index (χ0) is 17.1. The summed E-state index contributed by atoms with van der Waals surface area (Å²) in [7, 11) is 0. The molecule has 0 unspecified atom stereocenters. The van der Waals surface area contributed by atoms with Crippen LogP contribution < -0.4 is 0 Å². The third-order valence-electron chi connectivity index (χ3n) is 2.41. The van der Waals surface area contributed by atoms with E-state index in [2.05, 4.69) is 0 Å². The van der Waals surface area contributed by atoms with Crippen molar-refractivity contribution in [1.82, 2.24) is 4.90 Å². The molecule has 0 atom stereocenters. The van der Waals surface area contributed by atoms with Crippen LogP contribution in [-0.2, 0) is 11.3 Å². The minimum atomic E-state index is -0.667. The van der Waals surface area contributed by atoms with Gasteiger partial charge in [-0.2, -0.15) is 5.26 Å². The van der Waals surface area contributed by atoms with Crippen molar-refractivity contribution in [2.75, 3.05) is 6.54 Å². The Bertz CT molecular complexity index is 538. The number of hydrogen-bond donors (Lipinski definition) is 0. The van der Waals surface area contributed by atoms with Crippen LogP contribution in [0.25, 0.3) is 0 Å². The molecule has 0 fully saturated rings. The van der Waals surface area contributed by atoms with E-state index in [1.165, 1.54) is 6.07 Å². The number of nitriles is 1. The molecule has 0 aliphatic heterocycles. The first-order chi connectivity index (χ1) is 10.5. The lowest BCUT2D eigenvalue weighted by atomic mass is 10.1. The number of amides is 1. The summed E-state index contributed by atoms with van der Waals surface area (Å²) in [5, 5.41) is 19.7. The molecule has 0 aliphatic rings. The lowest BCUT2D eigenvalue weighted by Crippen LogP contribution is -2.33. The summed E-state index contributed by atoms with van der Waals surface area (Å²) in [6.07, 6.45) is -0.992. The number of rotatable bonds is 5. The second-order valence-electron chi connectivity index (χ2n) is 4.33. The molecule has 1 aromatic rings. The Hall–Kier alpha value is -2.62. The quantitative estimate of drug-likeness (QED) is 0.471. The fourth-order valence-corrected chi connectivity index (χ4v) is 1.57. The summed E-state index contributed by atoms with van der Waals surface area (Å²) < 4.78 is 5.00. The first-order valence-corrected chi connectivity index (χ1v) is 7.00.